The van der Waals surface area contributed by atoms with Gasteiger partial charge in [-0.05, 0) is 24.6 Å². The molecule has 20 heavy (non-hydrogen) atoms. The van der Waals surface area contributed by atoms with Crippen molar-refractivity contribution in [2.75, 3.05) is 6.61 Å². The summed E-state index contributed by atoms with van der Waals surface area (Å²) in [7, 11) is 0. The molecule has 2 rings (SSSR count). The van der Waals surface area contributed by atoms with Crippen molar-refractivity contribution in [2.45, 2.75) is 19.5 Å². The van der Waals surface area contributed by atoms with Gasteiger partial charge in [0.25, 0.3) is 5.91 Å². The number of imidazole rings is 1. The van der Waals surface area contributed by atoms with Crippen LogP contribution in [0.1, 0.15) is 24.4 Å². The van der Waals surface area contributed by atoms with Crippen molar-refractivity contribution < 1.29 is 9.53 Å². The summed E-state index contributed by atoms with van der Waals surface area (Å²) in [4.78, 5) is 17.9. The molecular weight excluding hydrogens is 256 g/mol. The van der Waals surface area contributed by atoms with Gasteiger partial charge in [0.2, 0.25) is 0 Å². The maximum atomic E-state index is 10.6. The molecule has 6 nitrogen and oxygen atoms in total. The lowest BCUT2D eigenvalue weighted by molar-refractivity contribution is -0.119. The van der Waals surface area contributed by atoms with Crippen LogP contribution in [0.5, 0.6) is 5.75 Å². The summed E-state index contributed by atoms with van der Waals surface area (Å²) in [5.41, 5.74) is 6.13. The number of benzene rings is 1. The van der Waals surface area contributed by atoms with Gasteiger partial charge in [-0.3, -0.25) is 4.79 Å². The lowest BCUT2D eigenvalue weighted by Crippen LogP contribution is -2.20. The fourth-order valence-electron chi connectivity index (χ4n) is 1.74. The van der Waals surface area contributed by atoms with Crippen LogP contribution in [-0.4, -0.2) is 22.5 Å². The molecule has 0 aliphatic carbocycles. The second-order valence-corrected chi connectivity index (χ2v) is 4.48. The first-order valence-corrected chi connectivity index (χ1v) is 6.38. The van der Waals surface area contributed by atoms with Gasteiger partial charge in [-0.2, -0.15) is 0 Å². The Balaban J connectivity index is 1.83. The largest absolute Gasteiger partial charge is 0.484 e. The predicted octanol–water partition coefficient (Wildman–Crippen LogP) is 1.12. The summed E-state index contributed by atoms with van der Waals surface area (Å²) in [6.45, 7) is 2.66. The molecule has 0 saturated heterocycles. The van der Waals surface area contributed by atoms with E-state index in [1.54, 1.807) is 12.4 Å². The van der Waals surface area contributed by atoms with Gasteiger partial charge in [-0.25, -0.2) is 4.98 Å². The van der Waals surface area contributed by atoms with E-state index in [0.717, 1.165) is 17.9 Å². The van der Waals surface area contributed by atoms with Crippen LogP contribution in [-0.2, 0) is 11.3 Å². The summed E-state index contributed by atoms with van der Waals surface area (Å²) in [6.07, 6.45) is 3.54. The van der Waals surface area contributed by atoms with Crippen LogP contribution >= 0.6 is 0 Å². The molecule has 2 aromatic rings. The molecule has 0 aliphatic heterocycles. The molecule has 1 amide bonds. The Kier molecular flexibility index (Phi) is 4.73. The highest BCUT2D eigenvalue weighted by atomic mass is 16.5. The number of amides is 1. The normalized spacial score (nSPS) is 12.1. The van der Waals surface area contributed by atoms with Gasteiger partial charge in [0, 0.05) is 18.9 Å². The predicted molar refractivity (Wildman–Crippen MR) is 75.0 cm³/mol. The molecule has 1 unspecified atom stereocenters. The average Bonchev–Trinajstić information content (AvgIpc) is 2.98. The van der Waals surface area contributed by atoms with Crippen molar-refractivity contribution in [1.29, 1.82) is 0 Å². The minimum absolute atomic E-state index is 0.104. The van der Waals surface area contributed by atoms with Crippen molar-refractivity contribution in [2.24, 2.45) is 5.73 Å². The van der Waals surface area contributed by atoms with Gasteiger partial charge >= 0.3 is 0 Å². The number of rotatable bonds is 7. The van der Waals surface area contributed by atoms with E-state index in [0.29, 0.717) is 5.75 Å². The van der Waals surface area contributed by atoms with Crippen LogP contribution in [0.2, 0.25) is 0 Å². The van der Waals surface area contributed by atoms with Crippen molar-refractivity contribution in [3.8, 4) is 5.75 Å². The molecule has 0 fully saturated rings. The number of H-pyrrole nitrogens is 1. The first-order valence-electron chi connectivity index (χ1n) is 6.38. The number of carbonyl (C=O) groups excluding carboxylic acids is 1. The minimum atomic E-state index is -0.483. The van der Waals surface area contributed by atoms with Gasteiger partial charge < -0.3 is 20.8 Å². The van der Waals surface area contributed by atoms with E-state index >= 15 is 0 Å². The lowest BCUT2D eigenvalue weighted by atomic mass is 10.2. The molecule has 0 radical (unpaired) electrons. The molecular formula is C14H18N4O2. The number of nitrogens with one attached hydrogen (secondary N) is 2. The standard InChI is InChI=1S/C14H18N4O2/c1-10(14-16-6-7-17-14)18-8-11-2-4-12(5-3-11)20-9-13(15)19/h2-7,10,18H,8-9H2,1H3,(H2,15,19)(H,16,17). The fourth-order valence-corrected chi connectivity index (χ4v) is 1.74. The molecule has 0 bridgehead atoms. The van der Waals surface area contributed by atoms with Crippen LogP contribution in [0.4, 0.5) is 0 Å². The first kappa shape index (κ1) is 14.1. The van der Waals surface area contributed by atoms with E-state index in [4.69, 9.17) is 10.5 Å². The zero-order chi connectivity index (χ0) is 14.4. The van der Waals surface area contributed by atoms with Crippen LogP contribution in [0.15, 0.2) is 36.7 Å². The highest BCUT2D eigenvalue weighted by Crippen LogP contribution is 2.13. The Morgan fingerprint density at radius 2 is 2.20 bits per heavy atom. The van der Waals surface area contributed by atoms with Gasteiger partial charge in [0.15, 0.2) is 6.61 Å². The number of aromatic nitrogens is 2. The Labute approximate surface area is 117 Å². The van der Waals surface area contributed by atoms with Crippen LogP contribution in [0.25, 0.3) is 0 Å². The van der Waals surface area contributed by atoms with E-state index < -0.39 is 5.91 Å². The van der Waals surface area contributed by atoms with Crippen LogP contribution in [0, 0.1) is 0 Å². The number of primary amides is 1. The number of hydrogen-bond acceptors (Lipinski definition) is 4. The van der Waals surface area contributed by atoms with Gasteiger partial charge in [0.1, 0.15) is 11.6 Å². The van der Waals surface area contributed by atoms with Crippen LogP contribution < -0.4 is 15.8 Å². The fraction of sp³-hybridized carbons (Fsp3) is 0.286. The highest BCUT2D eigenvalue weighted by Gasteiger charge is 2.06. The third-order valence-corrected chi connectivity index (χ3v) is 2.85. The summed E-state index contributed by atoms with van der Waals surface area (Å²) in [6, 6.07) is 7.67. The number of hydrogen-bond donors (Lipinski definition) is 3. The molecule has 6 heteroatoms. The van der Waals surface area contributed by atoms with Crippen LogP contribution in [0.3, 0.4) is 0 Å². The highest BCUT2D eigenvalue weighted by molar-refractivity contribution is 5.75. The van der Waals surface area contributed by atoms with Crippen molar-refractivity contribution in [1.82, 2.24) is 15.3 Å². The van der Waals surface area contributed by atoms with Gasteiger partial charge in [-0.15, -0.1) is 0 Å². The molecule has 1 aromatic carbocycles. The average molecular weight is 274 g/mol. The number of nitrogens with two attached hydrogens (primary N) is 1. The molecule has 1 aromatic heterocycles. The summed E-state index contributed by atoms with van der Waals surface area (Å²) in [5.74, 6) is 1.06. The Hall–Kier alpha value is -2.34. The van der Waals surface area contributed by atoms with E-state index in [9.17, 15) is 4.79 Å². The number of carbonyl (C=O) groups is 1. The number of aromatic amines is 1. The Morgan fingerprint density at radius 1 is 1.45 bits per heavy atom. The van der Waals surface area contributed by atoms with Gasteiger partial charge in [-0.1, -0.05) is 12.1 Å². The lowest BCUT2D eigenvalue weighted by Gasteiger charge is -2.11. The summed E-state index contributed by atoms with van der Waals surface area (Å²) in [5, 5.41) is 3.36. The Bertz CT molecular complexity index is 537. The molecule has 0 spiro atoms. The third-order valence-electron chi connectivity index (χ3n) is 2.85. The smallest absolute Gasteiger partial charge is 0.255 e. The molecule has 1 heterocycles. The summed E-state index contributed by atoms with van der Waals surface area (Å²) >= 11 is 0. The zero-order valence-electron chi connectivity index (χ0n) is 11.3. The summed E-state index contributed by atoms with van der Waals surface area (Å²) < 4.78 is 5.20. The van der Waals surface area contributed by atoms with Crippen molar-refractivity contribution in [3.63, 3.8) is 0 Å². The van der Waals surface area contributed by atoms with E-state index in [1.165, 1.54) is 0 Å². The molecule has 1 atom stereocenters. The minimum Gasteiger partial charge on any atom is -0.484 e. The monoisotopic (exact) mass is 274 g/mol. The number of ether oxygens (including phenoxy) is 1. The molecule has 4 N–H and O–H groups in total. The quantitative estimate of drug-likeness (QED) is 0.705. The van der Waals surface area contributed by atoms with E-state index in [-0.39, 0.29) is 12.6 Å². The van der Waals surface area contributed by atoms with Crippen molar-refractivity contribution >= 4 is 5.91 Å². The zero-order valence-corrected chi connectivity index (χ0v) is 11.3. The second kappa shape index (κ2) is 6.72. The second-order valence-electron chi connectivity index (χ2n) is 4.48. The Morgan fingerprint density at radius 3 is 2.80 bits per heavy atom. The third kappa shape index (κ3) is 4.10. The van der Waals surface area contributed by atoms with Gasteiger partial charge in [0.05, 0.1) is 6.04 Å². The van der Waals surface area contributed by atoms with E-state index in [2.05, 4.69) is 15.3 Å². The molecule has 0 aliphatic rings. The SMILES string of the molecule is CC(NCc1ccc(OCC(N)=O)cc1)c1ncc[nH]1. The molecule has 106 valence electrons. The maximum absolute atomic E-state index is 10.6. The molecule has 0 saturated carbocycles. The first-order chi connectivity index (χ1) is 9.65. The van der Waals surface area contributed by atoms with Crippen molar-refractivity contribution in [3.05, 3.63) is 48.0 Å². The maximum Gasteiger partial charge on any atom is 0.255 e. The number of nitrogens with zero attached hydrogens (tertiary/aromatic N) is 1. The topological polar surface area (TPSA) is 93.0 Å². The van der Waals surface area contributed by atoms with E-state index in [1.807, 2.05) is 31.2 Å².